The van der Waals surface area contributed by atoms with E-state index in [0.29, 0.717) is 42.0 Å². The molecule has 1 aliphatic heterocycles. The van der Waals surface area contributed by atoms with Crippen molar-refractivity contribution in [2.75, 3.05) is 13.1 Å². The first-order valence-electron chi connectivity index (χ1n) is 8.60. The second kappa shape index (κ2) is 6.75. The molecule has 3 aromatic rings. The van der Waals surface area contributed by atoms with Crippen molar-refractivity contribution in [3.63, 3.8) is 0 Å². The Morgan fingerprint density at radius 1 is 1.15 bits per heavy atom. The molecule has 1 aromatic carbocycles. The van der Waals surface area contributed by atoms with Crippen molar-refractivity contribution < 1.29 is 18.4 Å². The van der Waals surface area contributed by atoms with Crippen molar-refractivity contribution >= 4 is 16.9 Å². The molecule has 1 saturated heterocycles. The summed E-state index contributed by atoms with van der Waals surface area (Å²) in [7, 11) is 0. The zero-order valence-corrected chi connectivity index (χ0v) is 14.6. The van der Waals surface area contributed by atoms with Crippen LogP contribution in [0.2, 0.25) is 0 Å². The number of benzene rings is 1. The summed E-state index contributed by atoms with van der Waals surface area (Å²) in [4.78, 5) is 37.9. The second-order valence-electron chi connectivity index (χ2n) is 6.47. The molecule has 1 amide bonds. The predicted octanol–water partition coefficient (Wildman–Crippen LogP) is 2.35. The van der Waals surface area contributed by atoms with Gasteiger partial charge in [0.15, 0.2) is 11.2 Å². The molecule has 0 N–H and O–H groups in total. The normalized spacial score (nSPS) is 16.6. The van der Waals surface area contributed by atoms with Gasteiger partial charge in [-0.1, -0.05) is 12.1 Å². The first-order chi connectivity index (χ1) is 13.0. The van der Waals surface area contributed by atoms with Crippen LogP contribution < -0.4 is 15.8 Å². The Morgan fingerprint density at radius 2 is 1.96 bits per heavy atom. The number of fused-ring (bicyclic) bond motifs is 1. The van der Waals surface area contributed by atoms with Crippen LogP contribution in [0.25, 0.3) is 11.0 Å². The molecule has 1 atom stereocenters. The van der Waals surface area contributed by atoms with Crippen molar-refractivity contribution in [1.82, 2.24) is 4.90 Å². The van der Waals surface area contributed by atoms with Gasteiger partial charge in [-0.3, -0.25) is 9.59 Å². The summed E-state index contributed by atoms with van der Waals surface area (Å²) in [6.07, 6.45) is 0.366. The van der Waals surface area contributed by atoms with Gasteiger partial charge < -0.3 is 18.5 Å². The van der Waals surface area contributed by atoms with E-state index < -0.39 is 5.63 Å². The van der Waals surface area contributed by atoms with Crippen LogP contribution in [0.15, 0.2) is 60.9 Å². The number of amides is 1. The van der Waals surface area contributed by atoms with Crippen molar-refractivity contribution in [3.05, 3.63) is 74.6 Å². The first kappa shape index (κ1) is 17.1. The molecule has 7 nitrogen and oxygen atoms in total. The highest BCUT2D eigenvalue weighted by atomic mass is 16.5. The summed E-state index contributed by atoms with van der Waals surface area (Å²) in [6, 6.07) is 11.0. The van der Waals surface area contributed by atoms with E-state index in [2.05, 4.69) is 0 Å². The van der Waals surface area contributed by atoms with Crippen LogP contribution in [-0.2, 0) is 0 Å². The number of carbonyl (C=O) groups excluding carboxylic acids is 1. The van der Waals surface area contributed by atoms with Gasteiger partial charge in [-0.25, -0.2) is 4.79 Å². The Kier molecular flexibility index (Phi) is 4.27. The third kappa shape index (κ3) is 3.48. The van der Waals surface area contributed by atoms with Gasteiger partial charge in [0.2, 0.25) is 0 Å². The highest BCUT2D eigenvalue weighted by Crippen LogP contribution is 2.20. The van der Waals surface area contributed by atoms with Crippen molar-refractivity contribution in [1.29, 1.82) is 0 Å². The molecule has 3 heterocycles. The van der Waals surface area contributed by atoms with Crippen molar-refractivity contribution in [3.8, 4) is 5.75 Å². The van der Waals surface area contributed by atoms with Crippen LogP contribution in [0.3, 0.4) is 0 Å². The Labute approximate surface area is 153 Å². The molecule has 0 spiro atoms. The number of para-hydroxylation sites is 1. The zero-order chi connectivity index (χ0) is 19.0. The summed E-state index contributed by atoms with van der Waals surface area (Å²) in [5.74, 6) is 0.532. The number of likely N-dealkylation sites (tertiary alicyclic amines) is 1. The molecule has 1 unspecified atom stereocenters. The molecular weight excluding hydrogens is 350 g/mol. The van der Waals surface area contributed by atoms with Gasteiger partial charge in [-0.15, -0.1) is 0 Å². The lowest BCUT2D eigenvalue weighted by atomic mass is 10.2. The highest BCUT2D eigenvalue weighted by molar-refractivity contribution is 5.93. The zero-order valence-electron chi connectivity index (χ0n) is 14.6. The molecule has 27 heavy (non-hydrogen) atoms. The Morgan fingerprint density at radius 3 is 2.78 bits per heavy atom. The monoisotopic (exact) mass is 367 g/mol. The van der Waals surface area contributed by atoms with E-state index in [1.165, 1.54) is 12.1 Å². The van der Waals surface area contributed by atoms with Crippen LogP contribution in [0.5, 0.6) is 5.75 Å². The lowest BCUT2D eigenvalue weighted by molar-refractivity contribution is 0.0741. The Bertz CT molecular complexity index is 1130. The van der Waals surface area contributed by atoms with Gasteiger partial charge in [-0.05, 0) is 19.1 Å². The number of hydrogen-bond acceptors (Lipinski definition) is 6. The number of rotatable bonds is 3. The first-order valence-corrected chi connectivity index (χ1v) is 8.60. The number of carbonyl (C=O) groups is 1. The van der Waals surface area contributed by atoms with Gasteiger partial charge in [0, 0.05) is 25.1 Å². The molecule has 0 bridgehead atoms. The summed E-state index contributed by atoms with van der Waals surface area (Å²) in [5.41, 5.74) is -0.348. The average molecular weight is 367 g/mol. The van der Waals surface area contributed by atoms with Gasteiger partial charge in [0.05, 0.1) is 18.0 Å². The Hall–Kier alpha value is -3.35. The Balaban J connectivity index is 1.51. The predicted molar refractivity (Wildman–Crippen MR) is 97.1 cm³/mol. The molecule has 4 rings (SSSR count). The maximum absolute atomic E-state index is 12.7. The molecule has 0 saturated carbocycles. The SMILES string of the molecule is Cc1cc(OC2CCN(C(=O)c3cc(=O)c4ccccc4o3)C2)cc(=O)o1. The van der Waals surface area contributed by atoms with E-state index in [-0.39, 0.29) is 23.2 Å². The van der Waals surface area contributed by atoms with Gasteiger partial charge >= 0.3 is 5.63 Å². The van der Waals surface area contributed by atoms with Crippen LogP contribution in [0.1, 0.15) is 22.7 Å². The standard InChI is InChI=1S/C20H17NO6/c1-12-8-14(9-19(23)25-12)26-13-6-7-21(11-13)20(24)18-10-16(22)15-4-2-3-5-17(15)27-18/h2-5,8-10,13H,6-7,11H2,1H3. The second-order valence-corrected chi connectivity index (χ2v) is 6.47. The summed E-state index contributed by atoms with van der Waals surface area (Å²) in [5, 5.41) is 0.440. The van der Waals surface area contributed by atoms with Crippen molar-refractivity contribution in [2.24, 2.45) is 0 Å². The topological polar surface area (TPSA) is 90.0 Å². The van der Waals surface area contributed by atoms with Gasteiger partial charge in [0.25, 0.3) is 5.91 Å². The maximum Gasteiger partial charge on any atom is 0.339 e. The number of nitrogens with zero attached hydrogens (tertiary/aromatic N) is 1. The minimum atomic E-state index is -0.478. The number of ether oxygens (including phenoxy) is 1. The molecule has 1 fully saturated rings. The summed E-state index contributed by atoms with van der Waals surface area (Å²) in [6.45, 7) is 2.48. The van der Waals surface area contributed by atoms with E-state index in [0.717, 1.165) is 0 Å². The van der Waals surface area contributed by atoms with Crippen LogP contribution in [0, 0.1) is 6.92 Å². The fraction of sp³-hybridized carbons (Fsp3) is 0.250. The maximum atomic E-state index is 12.7. The van der Waals surface area contributed by atoms with Crippen LogP contribution in [0.4, 0.5) is 0 Å². The molecule has 138 valence electrons. The van der Waals surface area contributed by atoms with Gasteiger partial charge in [0.1, 0.15) is 23.2 Å². The number of hydrogen-bond donors (Lipinski definition) is 0. The third-order valence-electron chi connectivity index (χ3n) is 4.45. The van der Waals surface area contributed by atoms with Crippen LogP contribution in [-0.4, -0.2) is 30.0 Å². The molecule has 2 aromatic heterocycles. The van der Waals surface area contributed by atoms with E-state index in [1.807, 2.05) is 0 Å². The summed E-state index contributed by atoms with van der Waals surface area (Å²) < 4.78 is 16.3. The van der Waals surface area contributed by atoms with E-state index in [1.54, 1.807) is 42.2 Å². The fourth-order valence-electron chi connectivity index (χ4n) is 3.21. The average Bonchev–Trinajstić information content (AvgIpc) is 3.08. The lowest BCUT2D eigenvalue weighted by Crippen LogP contribution is -2.31. The van der Waals surface area contributed by atoms with Crippen molar-refractivity contribution in [2.45, 2.75) is 19.4 Å². The summed E-state index contributed by atoms with van der Waals surface area (Å²) >= 11 is 0. The quantitative estimate of drug-likeness (QED) is 0.706. The molecule has 0 radical (unpaired) electrons. The molecule has 0 aliphatic carbocycles. The fourth-order valence-corrected chi connectivity index (χ4v) is 3.21. The van der Waals surface area contributed by atoms with Crippen LogP contribution >= 0.6 is 0 Å². The third-order valence-corrected chi connectivity index (χ3v) is 4.45. The molecule has 1 aliphatic rings. The molecule has 7 heteroatoms. The minimum absolute atomic E-state index is 0.00977. The highest BCUT2D eigenvalue weighted by Gasteiger charge is 2.30. The van der Waals surface area contributed by atoms with E-state index in [9.17, 15) is 14.4 Å². The van der Waals surface area contributed by atoms with E-state index in [4.69, 9.17) is 13.6 Å². The molecular formula is C20H17NO6. The lowest BCUT2D eigenvalue weighted by Gasteiger charge is -2.16. The minimum Gasteiger partial charge on any atom is -0.488 e. The largest absolute Gasteiger partial charge is 0.488 e. The van der Waals surface area contributed by atoms with Gasteiger partial charge in [-0.2, -0.15) is 0 Å². The smallest absolute Gasteiger partial charge is 0.339 e. The van der Waals surface area contributed by atoms with E-state index >= 15 is 0 Å². The number of aryl methyl sites for hydroxylation is 1.